The molecule has 0 aromatic heterocycles. The minimum atomic E-state index is -0.00357. The molecule has 1 saturated heterocycles. The van der Waals surface area contributed by atoms with Crippen molar-refractivity contribution >= 4 is 11.7 Å². The van der Waals surface area contributed by atoms with E-state index in [4.69, 9.17) is 4.74 Å². The zero-order valence-corrected chi connectivity index (χ0v) is 16.5. The topological polar surface area (TPSA) is 44.8 Å². The molecule has 0 radical (unpaired) electrons. The van der Waals surface area contributed by atoms with E-state index in [0.29, 0.717) is 0 Å². The van der Waals surface area contributed by atoms with Gasteiger partial charge in [0.1, 0.15) is 5.75 Å². The maximum atomic E-state index is 12.6. The number of anilines is 1. The Morgan fingerprint density at radius 3 is 2.59 bits per heavy atom. The van der Waals surface area contributed by atoms with Gasteiger partial charge < -0.3 is 15.0 Å². The summed E-state index contributed by atoms with van der Waals surface area (Å²) in [5.74, 6) is 0.903. The second-order valence-corrected chi connectivity index (χ2v) is 7.18. The fraction of sp³-hybridized carbons (Fsp3) is 0.409. The van der Waals surface area contributed by atoms with Crippen LogP contribution in [-0.2, 0) is 6.42 Å². The molecule has 1 aliphatic rings. The number of ether oxygens (including phenoxy) is 1. The van der Waals surface area contributed by atoms with Gasteiger partial charge in [-0.15, -0.1) is 0 Å². The number of hydrogen-bond acceptors (Lipinski definition) is 3. The third kappa shape index (κ3) is 5.23. The fourth-order valence-corrected chi connectivity index (χ4v) is 3.35. The summed E-state index contributed by atoms with van der Waals surface area (Å²) < 4.78 is 5.29. The van der Waals surface area contributed by atoms with Crippen LogP contribution in [0.4, 0.5) is 10.5 Å². The van der Waals surface area contributed by atoms with Gasteiger partial charge in [-0.25, -0.2) is 4.79 Å². The highest BCUT2D eigenvalue weighted by molar-refractivity contribution is 5.90. The first-order valence-corrected chi connectivity index (χ1v) is 9.53. The number of carbonyl (C=O) groups is 1. The lowest BCUT2D eigenvalue weighted by Gasteiger charge is -2.34. The smallest absolute Gasteiger partial charge is 0.321 e. The van der Waals surface area contributed by atoms with Crippen molar-refractivity contribution in [1.29, 1.82) is 0 Å². The first kappa shape index (κ1) is 19.2. The van der Waals surface area contributed by atoms with Crippen LogP contribution in [-0.4, -0.2) is 55.7 Å². The average molecular weight is 367 g/mol. The molecule has 3 rings (SSSR count). The van der Waals surface area contributed by atoms with E-state index >= 15 is 0 Å². The van der Waals surface area contributed by atoms with Crippen molar-refractivity contribution in [2.45, 2.75) is 20.3 Å². The van der Waals surface area contributed by atoms with Crippen molar-refractivity contribution in [1.82, 2.24) is 9.80 Å². The molecule has 2 aromatic carbocycles. The van der Waals surface area contributed by atoms with Crippen LogP contribution in [0.5, 0.6) is 5.75 Å². The molecule has 0 aliphatic carbocycles. The van der Waals surface area contributed by atoms with E-state index in [1.807, 2.05) is 43.0 Å². The van der Waals surface area contributed by atoms with Gasteiger partial charge in [-0.1, -0.05) is 24.3 Å². The third-order valence-electron chi connectivity index (χ3n) is 5.15. The highest BCUT2D eigenvalue weighted by Gasteiger charge is 2.21. The van der Waals surface area contributed by atoms with Crippen molar-refractivity contribution < 1.29 is 9.53 Å². The molecule has 2 amide bonds. The van der Waals surface area contributed by atoms with E-state index in [1.165, 1.54) is 5.56 Å². The first-order chi connectivity index (χ1) is 13.0. The van der Waals surface area contributed by atoms with Gasteiger partial charge in [-0.2, -0.15) is 0 Å². The van der Waals surface area contributed by atoms with Crippen LogP contribution in [0.15, 0.2) is 42.5 Å². The van der Waals surface area contributed by atoms with Gasteiger partial charge in [0.2, 0.25) is 0 Å². The second-order valence-electron chi connectivity index (χ2n) is 7.18. The van der Waals surface area contributed by atoms with E-state index in [2.05, 4.69) is 28.4 Å². The van der Waals surface area contributed by atoms with Gasteiger partial charge in [0.25, 0.3) is 0 Å². The highest BCUT2D eigenvalue weighted by Crippen LogP contribution is 2.18. The van der Waals surface area contributed by atoms with Crippen LogP contribution in [0.25, 0.3) is 0 Å². The molecule has 0 bridgehead atoms. The lowest BCUT2D eigenvalue weighted by Crippen LogP contribution is -2.50. The Morgan fingerprint density at radius 2 is 1.85 bits per heavy atom. The van der Waals surface area contributed by atoms with Crippen LogP contribution in [0.2, 0.25) is 0 Å². The second kappa shape index (κ2) is 8.91. The average Bonchev–Trinajstić information content (AvgIpc) is 2.69. The number of amides is 2. The third-order valence-corrected chi connectivity index (χ3v) is 5.15. The van der Waals surface area contributed by atoms with Gasteiger partial charge in [0.05, 0.1) is 7.11 Å². The number of piperazine rings is 1. The number of benzene rings is 2. The Bertz CT molecular complexity index is 783. The summed E-state index contributed by atoms with van der Waals surface area (Å²) in [5.41, 5.74) is 4.43. The molecule has 1 N–H and O–H groups in total. The molecule has 0 unspecified atom stereocenters. The minimum absolute atomic E-state index is 0.00357. The quantitative estimate of drug-likeness (QED) is 0.876. The highest BCUT2D eigenvalue weighted by atomic mass is 16.5. The Morgan fingerprint density at radius 1 is 1.07 bits per heavy atom. The Labute approximate surface area is 161 Å². The predicted molar refractivity (Wildman–Crippen MR) is 110 cm³/mol. The van der Waals surface area contributed by atoms with Crippen molar-refractivity contribution in [3.8, 4) is 5.75 Å². The van der Waals surface area contributed by atoms with Gasteiger partial charge in [-0.05, 0) is 55.2 Å². The van der Waals surface area contributed by atoms with E-state index < -0.39 is 0 Å². The number of nitrogens with one attached hydrogen (secondary N) is 1. The Hall–Kier alpha value is -2.53. The number of hydrogen-bond donors (Lipinski definition) is 1. The monoisotopic (exact) mass is 367 g/mol. The maximum absolute atomic E-state index is 12.6. The summed E-state index contributed by atoms with van der Waals surface area (Å²) in [6, 6.07) is 14.4. The molecule has 0 saturated carbocycles. The van der Waals surface area contributed by atoms with E-state index in [1.54, 1.807) is 7.11 Å². The molecule has 5 nitrogen and oxygen atoms in total. The van der Waals surface area contributed by atoms with Crippen molar-refractivity contribution in [3.63, 3.8) is 0 Å². The van der Waals surface area contributed by atoms with Crippen LogP contribution >= 0.6 is 0 Å². The maximum Gasteiger partial charge on any atom is 0.321 e. The molecule has 1 aliphatic heterocycles. The molecule has 1 heterocycles. The molecule has 1 fully saturated rings. The SMILES string of the molecule is COc1cccc(CCN2CCN(C(=O)Nc3cc(C)ccc3C)CC2)c1. The molecule has 0 atom stereocenters. The van der Waals surface area contributed by atoms with Crippen LogP contribution in [0.1, 0.15) is 16.7 Å². The summed E-state index contributed by atoms with van der Waals surface area (Å²) in [5, 5.41) is 3.06. The molecule has 2 aromatic rings. The molecule has 144 valence electrons. The van der Waals surface area contributed by atoms with Crippen LogP contribution in [0, 0.1) is 13.8 Å². The Balaban J connectivity index is 1.46. The summed E-state index contributed by atoms with van der Waals surface area (Å²) in [4.78, 5) is 16.9. The normalized spacial score (nSPS) is 14.9. The van der Waals surface area contributed by atoms with Gasteiger partial charge in [-0.3, -0.25) is 4.90 Å². The van der Waals surface area contributed by atoms with Crippen molar-refractivity contribution in [3.05, 3.63) is 59.2 Å². The number of rotatable bonds is 5. The van der Waals surface area contributed by atoms with Gasteiger partial charge in [0, 0.05) is 38.4 Å². The summed E-state index contributed by atoms with van der Waals surface area (Å²) in [7, 11) is 1.70. The molecule has 27 heavy (non-hydrogen) atoms. The summed E-state index contributed by atoms with van der Waals surface area (Å²) in [6.45, 7) is 8.39. The van der Waals surface area contributed by atoms with E-state index in [9.17, 15) is 4.79 Å². The standard InChI is InChI=1S/C22H29N3O2/c1-17-7-8-18(2)21(15-17)23-22(26)25-13-11-24(12-14-25)10-9-19-5-4-6-20(16-19)27-3/h4-8,15-16H,9-14H2,1-3H3,(H,23,26). The van der Waals surface area contributed by atoms with E-state index in [-0.39, 0.29) is 6.03 Å². The lowest BCUT2D eigenvalue weighted by molar-refractivity contribution is 0.148. The summed E-state index contributed by atoms with van der Waals surface area (Å²) >= 11 is 0. The molecule has 5 heteroatoms. The zero-order chi connectivity index (χ0) is 19.2. The minimum Gasteiger partial charge on any atom is -0.497 e. The number of carbonyl (C=O) groups excluding carboxylic acids is 1. The van der Waals surface area contributed by atoms with Gasteiger partial charge >= 0.3 is 6.03 Å². The Kier molecular flexibility index (Phi) is 6.35. The number of nitrogens with zero attached hydrogens (tertiary/aromatic N) is 2. The lowest BCUT2D eigenvalue weighted by atomic mass is 10.1. The largest absolute Gasteiger partial charge is 0.497 e. The fourth-order valence-electron chi connectivity index (χ4n) is 3.35. The number of aryl methyl sites for hydroxylation is 2. The van der Waals surface area contributed by atoms with Crippen LogP contribution < -0.4 is 10.1 Å². The predicted octanol–water partition coefficient (Wildman–Crippen LogP) is 3.70. The van der Waals surface area contributed by atoms with Crippen LogP contribution in [0.3, 0.4) is 0 Å². The molecule has 0 spiro atoms. The van der Waals surface area contributed by atoms with Crippen molar-refractivity contribution in [2.75, 3.05) is 45.2 Å². The number of methoxy groups -OCH3 is 1. The van der Waals surface area contributed by atoms with Crippen molar-refractivity contribution in [2.24, 2.45) is 0 Å². The summed E-state index contributed by atoms with van der Waals surface area (Å²) in [6.07, 6.45) is 0.992. The zero-order valence-electron chi connectivity index (χ0n) is 16.5. The van der Waals surface area contributed by atoms with Gasteiger partial charge in [0.15, 0.2) is 0 Å². The first-order valence-electron chi connectivity index (χ1n) is 9.53. The molecular formula is C22H29N3O2. The van der Waals surface area contributed by atoms with E-state index in [0.717, 1.165) is 61.7 Å². The number of urea groups is 1. The molecular weight excluding hydrogens is 338 g/mol.